The molecule has 1 heterocycles. The molecule has 4 heteroatoms. The molecule has 0 atom stereocenters. The van der Waals surface area contributed by atoms with Crippen LogP contribution in [0.3, 0.4) is 0 Å². The van der Waals surface area contributed by atoms with Crippen LogP contribution in [0.1, 0.15) is 5.56 Å². The molecule has 1 aromatic carbocycles. The van der Waals surface area contributed by atoms with Crippen LogP contribution in [0, 0.1) is 0 Å². The van der Waals surface area contributed by atoms with Crippen molar-refractivity contribution in [2.75, 3.05) is 6.79 Å². The van der Waals surface area contributed by atoms with Crippen LogP contribution in [0.15, 0.2) is 23.2 Å². The fraction of sp³-hybridized carbons (Fsp3) is 0.222. The number of para-hydroxylation sites is 1. The van der Waals surface area contributed by atoms with E-state index in [1.807, 2.05) is 6.07 Å². The van der Waals surface area contributed by atoms with E-state index in [0.29, 0.717) is 18.0 Å². The molecule has 4 nitrogen and oxygen atoms in total. The van der Waals surface area contributed by atoms with E-state index in [-0.39, 0.29) is 6.79 Å². The number of rotatable bonds is 1. The highest BCUT2D eigenvalue weighted by Crippen LogP contribution is 2.33. The van der Waals surface area contributed by atoms with Crippen molar-refractivity contribution in [3.8, 4) is 5.75 Å². The van der Waals surface area contributed by atoms with E-state index < -0.39 is 0 Å². The first kappa shape index (κ1) is 7.98. The summed E-state index contributed by atoms with van der Waals surface area (Å²) in [6.45, 7) is 0.704. The first-order chi connectivity index (χ1) is 6.42. The molecule has 0 saturated carbocycles. The van der Waals surface area contributed by atoms with Crippen LogP contribution in [0.4, 0.5) is 5.69 Å². The molecule has 0 fully saturated rings. The van der Waals surface area contributed by atoms with Crippen LogP contribution in [0.25, 0.3) is 0 Å². The second-order valence-corrected chi connectivity index (χ2v) is 2.58. The van der Waals surface area contributed by atoms with Crippen molar-refractivity contribution in [2.24, 2.45) is 4.99 Å². The molecular weight excluding hydrogens is 170 g/mol. The van der Waals surface area contributed by atoms with Gasteiger partial charge in [0, 0.05) is 5.56 Å². The second-order valence-electron chi connectivity index (χ2n) is 2.58. The molecule has 0 radical (unpaired) electrons. The van der Waals surface area contributed by atoms with Gasteiger partial charge in [-0.15, -0.1) is 0 Å². The molecule has 0 aliphatic carbocycles. The number of benzene rings is 1. The van der Waals surface area contributed by atoms with Gasteiger partial charge in [0.15, 0.2) is 12.5 Å². The molecule has 1 aromatic rings. The van der Waals surface area contributed by atoms with E-state index >= 15 is 0 Å². The van der Waals surface area contributed by atoms with E-state index in [0.717, 1.165) is 5.56 Å². The second kappa shape index (κ2) is 3.39. The van der Waals surface area contributed by atoms with Gasteiger partial charge in [-0.05, 0) is 6.07 Å². The van der Waals surface area contributed by atoms with Gasteiger partial charge in [0.1, 0.15) is 5.69 Å². The van der Waals surface area contributed by atoms with Crippen LogP contribution in [-0.4, -0.2) is 12.9 Å². The van der Waals surface area contributed by atoms with E-state index in [2.05, 4.69) is 4.99 Å². The summed E-state index contributed by atoms with van der Waals surface area (Å²) >= 11 is 0. The van der Waals surface area contributed by atoms with E-state index in [4.69, 9.17) is 9.47 Å². The molecule has 2 rings (SSSR count). The summed E-state index contributed by atoms with van der Waals surface area (Å²) in [5.74, 6) is 0.622. The monoisotopic (exact) mass is 177 g/mol. The number of hydrogen-bond donors (Lipinski definition) is 0. The summed E-state index contributed by atoms with van der Waals surface area (Å²) in [5.41, 5.74) is 1.42. The van der Waals surface area contributed by atoms with Crippen molar-refractivity contribution in [1.82, 2.24) is 0 Å². The number of isocyanates is 1. The van der Waals surface area contributed by atoms with Crippen LogP contribution < -0.4 is 4.74 Å². The van der Waals surface area contributed by atoms with Gasteiger partial charge < -0.3 is 9.47 Å². The first-order valence-corrected chi connectivity index (χ1v) is 3.82. The van der Waals surface area contributed by atoms with Crippen LogP contribution in [0.2, 0.25) is 0 Å². The largest absolute Gasteiger partial charge is 0.465 e. The lowest BCUT2D eigenvalue weighted by Gasteiger charge is -2.18. The average molecular weight is 177 g/mol. The van der Waals surface area contributed by atoms with Crippen molar-refractivity contribution >= 4 is 11.8 Å². The highest BCUT2D eigenvalue weighted by Gasteiger charge is 2.13. The Labute approximate surface area is 74.8 Å². The van der Waals surface area contributed by atoms with Gasteiger partial charge in [-0.1, -0.05) is 12.1 Å². The molecule has 1 aliphatic heterocycles. The summed E-state index contributed by atoms with van der Waals surface area (Å²) in [7, 11) is 0. The summed E-state index contributed by atoms with van der Waals surface area (Å²) in [4.78, 5) is 13.6. The average Bonchev–Trinajstić information content (AvgIpc) is 2.19. The Morgan fingerprint density at radius 2 is 2.38 bits per heavy atom. The van der Waals surface area contributed by atoms with Crippen molar-refractivity contribution in [2.45, 2.75) is 6.61 Å². The lowest BCUT2D eigenvalue weighted by molar-refractivity contribution is -0.0159. The molecular formula is C9H7NO3. The Balaban J connectivity index is 2.51. The molecule has 0 unspecified atom stereocenters. The van der Waals surface area contributed by atoms with Gasteiger partial charge in [-0.25, -0.2) is 4.79 Å². The molecule has 0 spiro atoms. The van der Waals surface area contributed by atoms with Crippen LogP contribution >= 0.6 is 0 Å². The smallest absolute Gasteiger partial charge is 0.240 e. The summed E-state index contributed by atoms with van der Waals surface area (Å²) in [6, 6.07) is 5.38. The zero-order valence-electron chi connectivity index (χ0n) is 6.82. The molecule has 0 bridgehead atoms. The summed E-state index contributed by atoms with van der Waals surface area (Å²) < 4.78 is 10.3. The van der Waals surface area contributed by atoms with Crippen molar-refractivity contribution < 1.29 is 14.3 Å². The zero-order chi connectivity index (χ0) is 9.10. The third kappa shape index (κ3) is 1.45. The minimum Gasteiger partial charge on any atom is -0.465 e. The fourth-order valence-corrected chi connectivity index (χ4v) is 1.24. The topological polar surface area (TPSA) is 47.9 Å². The van der Waals surface area contributed by atoms with Gasteiger partial charge in [0.2, 0.25) is 6.08 Å². The Morgan fingerprint density at radius 1 is 1.46 bits per heavy atom. The van der Waals surface area contributed by atoms with Gasteiger partial charge in [0.05, 0.1) is 6.61 Å². The molecule has 1 aliphatic rings. The lowest BCUT2D eigenvalue weighted by atomic mass is 10.2. The molecule has 0 N–H and O–H groups in total. The van der Waals surface area contributed by atoms with Crippen LogP contribution in [0.5, 0.6) is 5.75 Å². The quantitative estimate of drug-likeness (QED) is 0.482. The standard InChI is InChI=1S/C9H7NO3/c11-5-10-8-3-1-2-7-4-12-6-13-9(7)8/h1-3H,4,6H2. The highest BCUT2D eigenvalue weighted by atomic mass is 16.7. The molecule has 0 amide bonds. The predicted molar refractivity (Wildman–Crippen MR) is 44.5 cm³/mol. The highest BCUT2D eigenvalue weighted by molar-refractivity contribution is 5.60. The van der Waals surface area contributed by atoms with Gasteiger partial charge in [-0.2, -0.15) is 4.99 Å². The molecule has 0 saturated heterocycles. The third-order valence-corrected chi connectivity index (χ3v) is 1.79. The number of nitrogens with zero attached hydrogens (tertiary/aromatic N) is 1. The molecule has 13 heavy (non-hydrogen) atoms. The van der Waals surface area contributed by atoms with Gasteiger partial charge in [-0.3, -0.25) is 0 Å². The van der Waals surface area contributed by atoms with Crippen LogP contribution in [-0.2, 0) is 16.1 Å². The normalized spacial score (nSPS) is 13.8. The maximum absolute atomic E-state index is 10.1. The number of fused-ring (bicyclic) bond motifs is 1. The Bertz CT molecular complexity index is 369. The van der Waals surface area contributed by atoms with Crippen molar-refractivity contribution in [3.05, 3.63) is 23.8 Å². The van der Waals surface area contributed by atoms with E-state index in [1.165, 1.54) is 6.08 Å². The fourth-order valence-electron chi connectivity index (χ4n) is 1.24. The number of carbonyl (C=O) groups excluding carboxylic acids is 1. The maximum Gasteiger partial charge on any atom is 0.240 e. The molecule has 0 aromatic heterocycles. The van der Waals surface area contributed by atoms with Crippen molar-refractivity contribution in [3.63, 3.8) is 0 Å². The SMILES string of the molecule is O=C=Nc1cccc2c1OCOC2. The first-order valence-electron chi connectivity index (χ1n) is 3.82. The number of aliphatic imine (C=N–C) groups is 1. The minimum atomic E-state index is 0.207. The number of ether oxygens (including phenoxy) is 2. The van der Waals surface area contributed by atoms with E-state index in [1.54, 1.807) is 12.1 Å². The summed E-state index contributed by atoms with van der Waals surface area (Å²) in [5, 5.41) is 0. The lowest BCUT2D eigenvalue weighted by Crippen LogP contribution is -2.10. The van der Waals surface area contributed by atoms with Gasteiger partial charge >= 0.3 is 0 Å². The summed E-state index contributed by atoms with van der Waals surface area (Å²) in [6.07, 6.45) is 1.49. The number of hydrogen-bond acceptors (Lipinski definition) is 4. The third-order valence-electron chi connectivity index (χ3n) is 1.79. The minimum absolute atomic E-state index is 0.207. The van der Waals surface area contributed by atoms with E-state index in [9.17, 15) is 4.79 Å². The maximum atomic E-state index is 10.1. The Kier molecular flexibility index (Phi) is 2.08. The Hall–Kier alpha value is -1.64. The molecule has 66 valence electrons. The van der Waals surface area contributed by atoms with Crippen molar-refractivity contribution in [1.29, 1.82) is 0 Å². The predicted octanol–water partition coefficient (Wildman–Crippen LogP) is 1.52. The Morgan fingerprint density at radius 3 is 3.23 bits per heavy atom. The van der Waals surface area contributed by atoms with Gasteiger partial charge in [0.25, 0.3) is 0 Å². The zero-order valence-corrected chi connectivity index (χ0v) is 6.82.